The minimum atomic E-state index is -0.563. The van der Waals surface area contributed by atoms with Gasteiger partial charge in [-0.25, -0.2) is 14.8 Å². The van der Waals surface area contributed by atoms with E-state index in [1.807, 2.05) is 74.2 Å². The van der Waals surface area contributed by atoms with Gasteiger partial charge in [-0.2, -0.15) is 5.10 Å². The molecule has 1 amide bonds. The molecule has 1 aliphatic rings. The van der Waals surface area contributed by atoms with Crippen LogP contribution < -0.4 is 15.0 Å². The van der Waals surface area contributed by atoms with Gasteiger partial charge in [0.2, 0.25) is 0 Å². The largest absolute Gasteiger partial charge is 0.497 e. The average molecular weight is 594 g/mol. The molecule has 3 aromatic heterocycles. The van der Waals surface area contributed by atoms with Crippen LogP contribution in [-0.2, 0) is 16.1 Å². The Hall–Kier alpha value is -5.19. The van der Waals surface area contributed by atoms with E-state index in [9.17, 15) is 9.59 Å². The van der Waals surface area contributed by atoms with Gasteiger partial charge in [0.25, 0.3) is 5.91 Å². The third kappa shape index (κ3) is 6.26. The molecule has 11 nitrogen and oxygen atoms in total. The summed E-state index contributed by atoms with van der Waals surface area (Å²) < 4.78 is 12.7. The molecule has 5 aromatic rings. The van der Waals surface area contributed by atoms with E-state index < -0.39 is 11.6 Å². The Morgan fingerprint density at radius 3 is 2.57 bits per heavy atom. The Morgan fingerprint density at radius 2 is 1.86 bits per heavy atom. The minimum absolute atomic E-state index is 0.260. The maximum Gasteiger partial charge on any atom is 0.329 e. The number of nitrogens with zero attached hydrogens (tertiary/aromatic N) is 5. The molecule has 2 aromatic carbocycles. The predicted octanol–water partition coefficient (Wildman–Crippen LogP) is 5.44. The fourth-order valence-corrected chi connectivity index (χ4v) is 5.30. The zero-order valence-corrected chi connectivity index (χ0v) is 25.2. The van der Waals surface area contributed by atoms with E-state index in [-0.39, 0.29) is 11.9 Å². The summed E-state index contributed by atoms with van der Waals surface area (Å²) in [5.41, 5.74) is 3.29. The molecular weight excluding hydrogens is 558 g/mol. The Kier molecular flexibility index (Phi) is 7.77. The number of anilines is 2. The summed E-state index contributed by atoms with van der Waals surface area (Å²) in [6, 6.07) is 20.4. The standard InChI is InChI=1S/C33H35N7O4/c1-33(2,3)44-32(42)26-10-7-17-39(26)29-16-13-22(19-34-29)31(41)37-28-18-27(30-35-24-8-5-6-9-25(24)36-30)40(38-28)20-21-11-14-23(43-4)15-12-21/h5-6,8-9,11-16,18-19,26H,7,10,17,20H2,1-4H3,(H,35,36)(H,37,38,41)/t26-/m0/s1. The number of hydrogen-bond donors (Lipinski definition) is 2. The second-order valence-electron chi connectivity index (χ2n) is 11.8. The van der Waals surface area contributed by atoms with Crippen LogP contribution in [0.1, 0.15) is 49.5 Å². The lowest BCUT2D eigenvalue weighted by molar-refractivity contribution is -0.156. The molecule has 44 heavy (non-hydrogen) atoms. The summed E-state index contributed by atoms with van der Waals surface area (Å²) in [5.74, 6) is 1.82. The molecule has 0 spiro atoms. The van der Waals surface area contributed by atoms with E-state index in [2.05, 4.69) is 15.3 Å². The third-order valence-corrected chi connectivity index (χ3v) is 7.38. The van der Waals surface area contributed by atoms with E-state index in [1.165, 1.54) is 6.20 Å². The number of esters is 1. The second-order valence-corrected chi connectivity index (χ2v) is 11.8. The van der Waals surface area contributed by atoms with Crippen molar-refractivity contribution in [2.45, 2.75) is 51.8 Å². The van der Waals surface area contributed by atoms with E-state index in [4.69, 9.17) is 19.6 Å². The maximum absolute atomic E-state index is 13.3. The third-order valence-electron chi connectivity index (χ3n) is 7.38. The maximum atomic E-state index is 13.3. The number of para-hydroxylation sites is 2. The zero-order valence-electron chi connectivity index (χ0n) is 25.2. The number of carbonyl (C=O) groups excluding carboxylic acids is 2. The van der Waals surface area contributed by atoms with Crippen molar-refractivity contribution in [2.75, 3.05) is 23.9 Å². The van der Waals surface area contributed by atoms with Gasteiger partial charge in [-0.15, -0.1) is 0 Å². The van der Waals surface area contributed by atoms with Crippen molar-refractivity contribution >= 4 is 34.5 Å². The van der Waals surface area contributed by atoms with E-state index in [0.717, 1.165) is 34.5 Å². The molecule has 0 aliphatic carbocycles. The SMILES string of the molecule is COc1ccc(Cn2nc(NC(=O)c3ccc(N4CCC[C@H]4C(=O)OC(C)(C)C)nc3)cc2-c2nc3ccccc3[nH]2)cc1. The number of benzene rings is 2. The minimum Gasteiger partial charge on any atom is -0.497 e. The van der Waals surface area contributed by atoms with Crippen LogP contribution >= 0.6 is 0 Å². The molecule has 1 atom stereocenters. The molecule has 11 heteroatoms. The van der Waals surface area contributed by atoms with Crippen molar-refractivity contribution in [2.24, 2.45) is 0 Å². The molecule has 1 aliphatic heterocycles. The van der Waals surface area contributed by atoms with Gasteiger partial charge in [0.15, 0.2) is 11.6 Å². The van der Waals surface area contributed by atoms with E-state index in [1.54, 1.807) is 30.0 Å². The highest BCUT2D eigenvalue weighted by molar-refractivity contribution is 6.04. The predicted molar refractivity (Wildman–Crippen MR) is 168 cm³/mol. The number of carbonyl (C=O) groups is 2. The number of nitrogens with one attached hydrogen (secondary N) is 2. The molecule has 0 radical (unpaired) electrons. The van der Waals surface area contributed by atoms with Crippen LogP contribution in [0, 0.1) is 0 Å². The molecule has 2 N–H and O–H groups in total. The first-order valence-electron chi connectivity index (χ1n) is 14.6. The van der Waals surface area contributed by atoms with Gasteiger partial charge in [0.1, 0.15) is 28.9 Å². The molecule has 6 rings (SSSR count). The first-order valence-corrected chi connectivity index (χ1v) is 14.6. The number of aromatic nitrogens is 5. The van der Waals surface area contributed by atoms with Crippen molar-refractivity contribution in [3.63, 3.8) is 0 Å². The lowest BCUT2D eigenvalue weighted by atomic mass is 10.1. The van der Waals surface area contributed by atoms with Crippen molar-refractivity contribution in [1.29, 1.82) is 0 Å². The fraction of sp³-hybridized carbons (Fsp3) is 0.303. The summed E-state index contributed by atoms with van der Waals surface area (Å²) in [6.07, 6.45) is 3.08. The highest BCUT2D eigenvalue weighted by Crippen LogP contribution is 2.28. The summed E-state index contributed by atoms with van der Waals surface area (Å²) in [5, 5.41) is 7.62. The quantitative estimate of drug-likeness (QED) is 0.228. The van der Waals surface area contributed by atoms with Gasteiger partial charge in [-0.3, -0.25) is 9.48 Å². The number of pyridine rings is 1. The number of imidazole rings is 1. The van der Waals surface area contributed by atoms with Crippen LogP contribution in [-0.4, -0.2) is 61.9 Å². The van der Waals surface area contributed by atoms with Gasteiger partial charge in [-0.05, 0) is 75.6 Å². The van der Waals surface area contributed by atoms with Crippen LogP contribution in [0.5, 0.6) is 5.75 Å². The van der Waals surface area contributed by atoms with E-state index in [0.29, 0.717) is 42.5 Å². The number of H-pyrrole nitrogens is 1. The number of aromatic amines is 1. The first-order chi connectivity index (χ1) is 21.2. The summed E-state index contributed by atoms with van der Waals surface area (Å²) in [6.45, 7) is 6.72. The van der Waals surface area contributed by atoms with Crippen LogP contribution in [0.25, 0.3) is 22.6 Å². The Morgan fingerprint density at radius 1 is 1.07 bits per heavy atom. The molecule has 0 unspecified atom stereocenters. The summed E-state index contributed by atoms with van der Waals surface area (Å²) in [4.78, 5) is 40.6. The number of fused-ring (bicyclic) bond motifs is 1. The van der Waals surface area contributed by atoms with Gasteiger partial charge in [0, 0.05) is 18.8 Å². The highest BCUT2D eigenvalue weighted by atomic mass is 16.6. The average Bonchev–Trinajstić information content (AvgIpc) is 3.75. The lowest BCUT2D eigenvalue weighted by Gasteiger charge is -2.28. The zero-order chi connectivity index (χ0) is 30.8. The monoisotopic (exact) mass is 593 g/mol. The molecule has 0 bridgehead atoms. The molecule has 226 valence electrons. The molecule has 1 fully saturated rings. The number of rotatable bonds is 8. The molecular formula is C33H35N7O4. The van der Waals surface area contributed by atoms with Gasteiger partial charge in [-0.1, -0.05) is 24.3 Å². The van der Waals surface area contributed by atoms with Crippen LogP contribution in [0.3, 0.4) is 0 Å². The van der Waals surface area contributed by atoms with Crippen LogP contribution in [0.2, 0.25) is 0 Å². The Balaban J connectivity index is 1.22. The topological polar surface area (TPSA) is 127 Å². The second kappa shape index (κ2) is 11.8. The van der Waals surface area contributed by atoms with Gasteiger partial charge < -0.3 is 24.7 Å². The number of methoxy groups -OCH3 is 1. The number of hydrogen-bond acceptors (Lipinski definition) is 8. The van der Waals surface area contributed by atoms with Crippen LogP contribution in [0.15, 0.2) is 72.9 Å². The van der Waals surface area contributed by atoms with Crippen LogP contribution in [0.4, 0.5) is 11.6 Å². The Labute approximate surface area is 255 Å². The smallest absolute Gasteiger partial charge is 0.329 e. The number of amides is 1. The summed E-state index contributed by atoms with van der Waals surface area (Å²) in [7, 11) is 1.63. The normalized spacial score (nSPS) is 15.0. The van der Waals surface area contributed by atoms with E-state index >= 15 is 0 Å². The van der Waals surface area contributed by atoms with Crippen molar-refractivity contribution in [3.05, 3.63) is 84.1 Å². The lowest BCUT2D eigenvalue weighted by Crippen LogP contribution is -2.41. The fourth-order valence-electron chi connectivity index (χ4n) is 5.30. The highest BCUT2D eigenvalue weighted by Gasteiger charge is 2.35. The molecule has 4 heterocycles. The number of ether oxygens (including phenoxy) is 2. The molecule has 0 saturated carbocycles. The first kappa shape index (κ1) is 28.9. The van der Waals surface area contributed by atoms with Gasteiger partial charge in [0.05, 0.1) is 30.3 Å². The molecule has 1 saturated heterocycles. The van der Waals surface area contributed by atoms with Gasteiger partial charge >= 0.3 is 5.97 Å². The van der Waals surface area contributed by atoms with Crippen molar-refractivity contribution in [3.8, 4) is 17.3 Å². The summed E-state index contributed by atoms with van der Waals surface area (Å²) >= 11 is 0. The van der Waals surface area contributed by atoms with Crippen molar-refractivity contribution in [1.82, 2.24) is 24.7 Å². The van der Waals surface area contributed by atoms with Crippen molar-refractivity contribution < 1.29 is 19.1 Å². The Bertz CT molecular complexity index is 1750.